The van der Waals surface area contributed by atoms with Gasteiger partial charge in [0.15, 0.2) is 5.82 Å². The number of hydrogen-bond donors (Lipinski definition) is 3. The zero-order valence-electron chi connectivity index (χ0n) is 12.4. The predicted octanol–water partition coefficient (Wildman–Crippen LogP) is 2.09. The first-order chi connectivity index (χ1) is 10.1. The summed E-state index contributed by atoms with van der Waals surface area (Å²) in [5, 5.41) is 9.82. The van der Waals surface area contributed by atoms with Crippen LogP contribution in [-0.4, -0.2) is 27.6 Å². The molecule has 1 atom stereocenters. The molecule has 4 N–H and O–H groups in total. The lowest BCUT2D eigenvalue weighted by Gasteiger charge is -2.12. The summed E-state index contributed by atoms with van der Waals surface area (Å²) in [4.78, 5) is 16.3. The molecule has 21 heavy (non-hydrogen) atoms. The van der Waals surface area contributed by atoms with Crippen LogP contribution in [0.15, 0.2) is 24.3 Å². The fourth-order valence-electron chi connectivity index (χ4n) is 2.08. The Morgan fingerprint density at radius 2 is 2.29 bits per heavy atom. The molecule has 2 aromatic rings. The zero-order chi connectivity index (χ0) is 15.2. The molecule has 2 rings (SSSR count). The highest BCUT2D eigenvalue weighted by Crippen LogP contribution is 2.19. The number of amides is 1. The summed E-state index contributed by atoms with van der Waals surface area (Å²) in [6.07, 6.45) is 1.34. The van der Waals surface area contributed by atoms with Crippen LogP contribution in [0.5, 0.6) is 0 Å². The number of nitrogens with two attached hydrogens (primary N) is 1. The van der Waals surface area contributed by atoms with Gasteiger partial charge in [0.25, 0.3) is 0 Å². The Morgan fingerprint density at radius 3 is 2.90 bits per heavy atom. The van der Waals surface area contributed by atoms with Crippen molar-refractivity contribution >= 4 is 11.6 Å². The molecule has 0 spiro atoms. The lowest BCUT2D eigenvalue weighted by atomic mass is 10.0. The van der Waals surface area contributed by atoms with Gasteiger partial charge in [0.05, 0.1) is 0 Å². The summed E-state index contributed by atoms with van der Waals surface area (Å²) in [6, 6.07) is 7.50. The molecule has 0 aliphatic carbocycles. The van der Waals surface area contributed by atoms with E-state index in [1.165, 1.54) is 0 Å². The molecule has 112 valence electrons. The number of hydrogen-bond acceptors (Lipinski definition) is 4. The zero-order valence-corrected chi connectivity index (χ0v) is 12.4. The number of rotatable bonds is 6. The van der Waals surface area contributed by atoms with Gasteiger partial charge in [-0.25, -0.2) is 4.98 Å². The highest BCUT2D eigenvalue weighted by atomic mass is 16.1. The Hall–Kier alpha value is -2.21. The lowest BCUT2D eigenvalue weighted by molar-refractivity contribution is -0.117. The van der Waals surface area contributed by atoms with Gasteiger partial charge in [-0.1, -0.05) is 25.5 Å². The third-order valence-electron chi connectivity index (χ3n) is 3.39. The topological polar surface area (TPSA) is 96.7 Å². The molecule has 0 fully saturated rings. The van der Waals surface area contributed by atoms with Crippen molar-refractivity contribution in [2.45, 2.75) is 26.7 Å². The molecule has 0 radical (unpaired) electrons. The van der Waals surface area contributed by atoms with Crippen molar-refractivity contribution < 1.29 is 4.79 Å². The van der Waals surface area contributed by atoms with Crippen LogP contribution in [0.1, 0.15) is 25.6 Å². The van der Waals surface area contributed by atoms with Gasteiger partial charge in [-0.3, -0.25) is 9.89 Å². The molecule has 1 unspecified atom stereocenters. The molecule has 0 aliphatic rings. The van der Waals surface area contributed by atoms with Crippen LogP contribution in [-0.2, 0) is 4.79 Å². The first kappa shape index (κ1) is 15.2. The normalized spacial score (nSPS) is 12.1. The summed E-state index contributed by atoms with van der Waals surface area (Å²) in [7, 11) is 0. The summed E-state index contributed by atoms with van der Waals surface area (Å²) in [6.45, 7) is 4.41. The Morgan fingerprint density at radius 1 is 1.48 bits per heavy atom. The van der Waals surface area contributed by atoms with E-state index in [4.69, 9.17) is 5.73 Å². The number of aromatic nitrogens is 3. The number of nitrogens with zero attached hydrogens (tertiary/aromatic N) is 2. The Balaban J connectivity index is 2.06. The average molecular weight is 287 g/mol. The van der Waals surface area contributed by atoms with Crippen LogP contribution >= 0.6 is 0 Å². The van der Waals surface area contributed by atoms with E-state index in [9.17, 15) is 4.79 Å². The number of carbonyl (C=O) groups excluding carboxylic acids is 1. The van der Waals surface area contributed by atoms with Gasteiger partial charge >= 0.3 is 0 Å². The molecule has 6 heteroatoms. The van der Waals surface area contributed by atoms with Gasteiger partial charge in [-0.2, -0.15) is 5.10 Å². The average Bonchev–Trinajstić information content (AvgIpc) is 2.91. The van der Waals surface area contributed by atoms with E-state index in [2.05, 4.69) is 20.5 Å². The highest BCUT2D eigenvalue weighted by Gasteiger charge is 2.11. The molecular formula is C15H21N5O. The molecule has 1 amide bonds. The molecule has 1 aromatic carbocycles. The van der Waals surface area contributed by atoms with Gasteiger partial charge in [0.1, 0.15) is 5.82 Å². The SMILES string of the molecule is CCC(CN)CC(=O)Nc1cccc(-c2n[nH]c(C)n2)c1. The van der Waals surface area contributed by atoms with Crippen LogP contribution in [0.4, 0.5) is 5.69 Å². The second-order valence-corrected chi connectivity index (χ2v) is 5.09. The number of aryl methyl sites for hydroxylation is 1. The van der Waals surface area contributed by atoms with E-state index in [-0.39, 0.29) is 11.8 Å². The van der Waals surface area contributed by atoms with E-state index in [0.29, 0.717) is 18.8 Å². The fraction of sp³-hybridized carbons (Fsp3) is 0.400. The molecular weight excluding hydrogens is 266 g/mol. The summed E-state index contributed by atoms with van der Waals surface area (Å²) in [5.41, 5.74) is 7.23. The van der Waals surface area contributed by atoms with Crippen molar-refractivity contribution in [3.05, 3.63) is 30.1 Å². The quantitative estimate of drug-likeness (QED) is 0.758. The van der Waals surface area contributed by atoms with Crippen LogP contribution in [0.2, 0.25) is 0 Å². The van der Waals surface area contributed by atoms with E-state index in [1.54, 1.807) is 0 Å². The number of anilines is 1. The largest absolute Gasteiger partial charge is 0.330 e. The number of carbonyl (C=O) groups is 1. The molecule has 0 aliphatic heterocycles. The maximum absolute atomic E-state index is 12.0. The number of nitrogens with one attached hydrogen (secondary N) is 2. The lowest BCUT2D eigenvalue weighted by Crippen LogP contribution is -2.21. The van der Waals surface area contributed by atoms with Crippen molar-refractivity contribution in [2.75, 3.05) is 11.9 Å². The maximum atomic E-state index is 12.0. The highest BCUT2D eigenvalue weighted by molar-refractivity contribution is 5.91. The van der Waals surface area contributed by atoms with Gasteiger partial charge in [-0.15, -0.1) is 0 Å². The first-order valence-electron chi connectivity index (χ1n) is 7.11. The van der Waals surface area contributed by atoms with Crippen LogP contribution in [0.3, 0.4) is 0 Å². The van der Waals surface area contributed by atoms with E-state index >= 15 is 0 Å². The Bertz CT molecular complexity index is 604. The minimum atomic E-state index is -0.0179. The number of benzene rings is 1. The number of H-pyrrole nitrogens is 1. The Kier molecular flexibility index (Phi) is 5.05. The van der Waals surface area contributed by atoms with Crippen molar-refractivity contribution in [1.29, 1.82) is 0 Å². The van der Waals surface area contributed by atoms with Crippen molar-refractivity contribution in [1.82, 2.24) is 15.2 Å². The van der Waals surface area contributed by atoms with Crippen molar-refractivity contribution in [2.24, 2.45) is 11.7 Å². The monoisotopic (exact) mass is 287 g/mol. The molecule has 6 nitrogen and oxygen atoms in total. The minimum Gasteiger partial charge on any atom is -0.330 e. The molecule has 0 saturated carbocycles. The van der Waals surface area contributed by atoms with Gasteiger partial charge < -0.3 is 11.1 Å². The third kappa shape index (κ3) is 4.13. The standard InChI is InChI=1S/C15H21N5O/c1-3-11(9-16)7-14(21)18-13-6-4-5-12(8-13)15-17-10(2)19-20-15/h4-6,8,11H,3,7,9,16H2,1-2H3,(H,18,21)(H,17,19,20). The third-order valence-corrected chi connectivity index (χ3v) is 3.39. The minimum absolute atomic E-state index is 0.0179. The molecule has 1 aromatic heterocycles. The van der Waals surface area contributed by atoms with Crippen LogP contribution in [0, 0.1) is 12.8 Å². The summed E-state index contributed by atoms with van der Waals surface area (Å²) in [5.74, 6) is 1.59. The summed E-state index contributed by atoms with van der Waals surface area (Å²) < 4.78 is 0. The van der Waals surface area contributed by atoms with Crippen molar-refractivity contribution in [3.8, 4) is 11.4 Å². The number of aromatic amines is 1. The van der Waals surface area contributed by atoms with Gasteiger partial charge in [0, 0.05) is 17.7 Å². The molecule has 0 saturated heterocycles. The van der Waals surface area contributed by atoms with E-state index in [0.717, 1.165) is 23.5 Å². The predicted molar refractivity (Wildman–Crippen MR) is 82.6 cm³/mol. The first-order valence-corrected chi connectivity index (χ1v) is 7.11. The Labute approximate surface area is 124 Å². The van der Waals surface area contributed by atoms with Crippen molar-refractivity contribution in [3.63, 3.8) is 0 Å². The maximum Gasteiger partial charge on any atom is 0.224 e. The van der Waals surface area contributed by atoms with Gasteiger partial charge in [0.2, 0.25) is 5.91 Å². The molecule has 1 heterocycles. The molecule has 0 bridgehead atoms. The van der Waals surface area contributed by atoms with Gasteiger partial charge in [-0.05, 0) is 31.5 Å². The summed E-state index contributed by atoms with van der Waals surface area (Å²) >= 11 is 0. The van der Waals surface area contributed by atoms with E-state index in [1.807, 2.05) is 38.1 Å². The smallest absolute Gasteiger partial charge is 0.224 e. The van der Waals surface area contributed by atoms with Crippen LogP contribution in [0.25, 0.3) is 11.4 Å². The van der Waals surface area contributed by atoms with E-state index < -0.39 is 0 Å². The fourth-order valence-corrected chi connectivity index (χ4v) is 2.08. The second kappa shape index (κ2) is 6.99. The second-order valence-electron chi connectivity index (χ2n) is 5.09. The van der Waals surface area contributed by atoms with Crippen LogP contribution < -0.4 is 11.1 Å².